The fraction of sp³-hybridized carbons (Fsp3) is 0.800. The number of carbonyl (C=O) groups excluding carboxylic acids is 1. The van der Waals surface area contributed by atoms with Crippen molar-refractivity contribution in [2.45, 2.75) is 19.1 Å². The van der Waals surface area contributed by atoms with Gasteiger partial charge in [-0.1, -0.05) is 0 Å². The fourth-order valence-corrected chi connectivity index (χ4v) is 0.667. The Morgan fingerprint density at radius 1 is 1.88 bits per heavy atom. The molecule has 0 saturated carbocycles. The van der Waals surface area contributed by atoms with Gasteiger partial charge < -0.3 is 9.84 Å². The molecule has 1 aliphatic heterocycles. The lowest BCUT2D eigenvalue weighted by Gasteiger charge is -2.05. The molecule has 2 N–H and O–H groups in total. The SMILES string of the molecule is C[C@]1([OH2+])OCCC1=O. The van der Waals surface area contributed by atoms with Crippen LogP contribution in [0.25, 0.3) is 0 Å². The van der Waals surface area contributed by atoms with Crippen molar-refractivity contribution in [2.24, 2.45) is 0 Å². The number of rotatable bonds is 0. The highest BCUT2D eigenvalue weighted by Crippen LogP contribution is 2.16. The maximum atomic E-state index is 10.6. The molecule has 8 heavy (non-hydrogen) atoms. The largest absolute Gasteiger partial charge is 0.413 e. The lowest BCUT2D eigenvalue weighted by molar-refractivity contribution is -0.173. The molecule has 0 bridgehead atoms. The van der Waals surface area contributed by atoms with E-state index in [2.05, 4.69) is 0 Å². The van der Waals surface area contributed by atoms with Crippen LogP contribution in [0.3, 0.4) is 0 Å². The van der Waals surface area contributed by atoms with Crippen molar-refractivity contribution in [1.82, 2.24) is 0 Å². The van der Waals surface area contributed by atoms with Crippen molar-refractivity contribution in [1.29, 1.82) is 0 Å². The van der Waals surface area contributed by atoms with Crippen LogP contribution in [-0.2, 0) is 9.53 Å². The molecule has 0 aromatic rings. The van der Waals surface area contributed by atoms with E-state index < -0.39 is 5.79 Å². The van der Waals surface area contributed by atoms with Gasteiger partial charge in [0, 0.05) is 13.3 Å². The molecule has 1 saturated heterocycles. The van der Waals surface area contributed by atoms with Crippen molar-refractivity contribution in [3.05, 3.63) is 0 Å². The number of Topliss-reactive ketones (excluding diaryl/α,β-unsaturated/α-hetero) is 1. The summed E-state index contributed by atoms with van der Waals surface area (Å²) in [5.74, 6) is -1.35. The maximum Gasteiger partial charge on any atom is 0.331 e. The summed E-state index contributed by atoms with van der Waals surface area (Å²) >= 11 is 0. The molecule has 0 aromatic heterocycles. The van der Waals surface area contributed by atoms with Gasteiger partial charge in [-0.15, -0.1) is 0 Å². The topological polar surface area (TPSA) is 49.2 Å². The predicted molar refractivity (Wildman–Crippen MR) is 27.6 cm³/mol. The van der Waals surface area contributed by atoms with Gasteiger partial charge in [0.15, 0.2) is 0 Å². The second-order valence-electron chi connectivity index (χ2n) is 2.05. The molecule has 3 heteroatoms. The van der Waals surface area contributed by atoms with E-state index in [0.29, 0.717) is 13.0 Å². The monoisotopic (exact) mass is 117 g/mol. The molecule has 0 spiro atoms. The number of hydrogen-bond acceptors (Lipinski definition) is 2. The molecule has 1 heterocycles. The van der Waals surface area contributed by atoms with E-state index in [9.17, 15) is 4.79 Å². The Hall–Kier alpha value is -0.410. The van der Waals surface area contributed by atoms with Gasteiger partial charge in [-0.05, 0) is 0 Å². The molecule has 1 aliphatic rings. The Kier molecular flexibility index (Phi) is 1.10. The minimum atomic E-state index is -1.24. The Morgan fingerprint density at radius 2 is 2.50 bits per heavy atom. The van der Waals surface area contributed by atoms with E-state index in [0.717, 1.165) is 0 Å². The first-order chi connectivity index (χ1) is 3.63. The zero-order valence-electron chi connectivity index (χ0n) is 4.73. The predicted octanol–water partition coefficient (Wildman–Crippen LogP) is -0.583. The summed E-state index contributed by atoms with van der Waals surface area (Å²) < 4.78 is 4.77. The van der Waals surface area contributed by atoms with Crippen molar-refractivity contribution in [3.63, 3.8) is 0 Å². The number of carbonyl (C=O) groups is 1. The minimum Gasteiger partial charge on any atom is -0.413 e. The summed E-state index contributed by atoms with van der Waals surface area (Å²) in [6, 6.07) is 0. The van der Waals surface area contributed by atoms with Crippen molar-refractivity contribution >= 4 is 5.78 Å². The quantitative estimate of drug-likeness (QED) is 0.398. The van der Waals surface area contributed by atoms with Gasteiger partial charge in [0.25, 0.3) is 0 Å². The average molecular weight is 117 g/mol. The van der Waals surface area contributed by atoms with Crippen LogP contribution >= 0.6 is 0 Å². The Labute approximate surface area is 47.3 Å². The summed E-state index contributed by atoms with van der Waals surface area (Å²) in [6.07, 6.45) is 0.403. The molecule has 46 valence electrons. The molecule has 1 fully saturated rings. The standard InChI is InChI=1S/C5H8O3/c1-5(7)4(6)2-3-8-5/h7H,2-3H2,1H3/p+1/t5-/m0/s1. The molecule has 0 radical (unpaired) electrons. The van der Waals surface area contributed by atoms with Gasteiger partial charge >= 0.3 is 5.79 Å². The molecule has 0 aliphatic carbocycles. The van der Waals surface area contributed by atoms with Crippen LogP contribution in [0.15, 0.2) is 0 Å². The van der Waals surface area contributed by atoms with E-state index in [-0.39, 0.29) is 5.78 Å². The fourth-order valence-electron chi connectivity index (χ4n) is 0.667. The van der Waals surface area contributed by atoms with Crippen molar-refractivity contribution in [2.75, 3.05) is 6.61 Å². The van der Waals surface area contributed by atoms with Gasteiger partial charge in [-0.3, -0.25) is 4.79 Å². The molecular formula is C5H9O3+. The molecular weight excluding hydrogens is 108 g/mol. The Bertz CT molecular complexity index is 117. The van der Waals surface area contributed by atoms with Gasteiger partial charge in [0.05, 0.1) is 6.61 Å². The highest BCUT2D eigenvalue weighted by Gasteiger charge is 2.41. The van der Waals surface area contributed by atoms with Crippen LogP contribution in [0.5, 0.6) is 0 Å². The Balaban J connectivity index is 2.68. The number of hydrogen-bond donors (Lipinski definition) is 0. The third-order valence-electron chi connectivity index (χ3n) is 1.25. The van der Waals surface area contributed by atoms with Gasteiger partial charge in [-0.25, -0.2) is 0 Å². The summed E-state index contributed by atoms with van der Waals surface area (Å²) in [4.78, 5) is 10.6. The highest BCUT2D eigenvalue weighted by molar-refractivity contribution is 5.86. The normalized spacial score (nSPS) is 38.5. The molecule has 1 rings (SSSR count). The summed E-state index contributed by atoms with van der Waals surface area (Å²) in [6.45, 7) is 1.89. The van der Waals surface area contributed by atoms with Gasteiger partial charge in [0.1, 0.15) is 0 Å². The highest BCUT2D eigenvalue weighted by atomic mass is 16.6. The summed E-state index contributed by atoms with van der Waals surface area (Å²) in [7, 11) is 0. The van der Waals surface area contributed by atoms with Crippen LogP contribution in [0, 0.1) is 0 Å². The summed E-state index contributed by atoms with van der Waals surface area (Å²) in [5, 5.41) is 7.12. The van der Waals surface area contributed by atoms with Crippen LogP contribution < -0.4 is 0 Å². The number of ether oxygens (including phenoxy) is 1. The molecule has 1 atom stereocenters. The molecule has 0 amide bonds. The zero-order chi connectivity index (χ0) is 6.20. The van der Waals surface area contributed by atoms with E-state index in [4.69, 9.17) is 9.84 Å². The van der Waals surface area contributed by atoms with Crippen LogP contribution in [0.1, 0.15) is 13.3 Å². The average Bonchev–Trinajstić information content (AvgIpc) is 1.86. The van der Waals surface area contributed by atoms with E-state index >= 15 is 0 Å². The Morgan fingerprint density at radius 3 is 2.62 bits per heavy atom. The molecule has 0 unspecified atom stereocenters. The first-order valence-corrected chi connectivity index (χ1v) is 2.55. The van der Waals surface area contributed by atoms with E-state index in [1.54, 1.807) is 0 Å². The minimum absolute atomic E-state index is 0.113. The van der Waals surface area contributed by atoms with E-state index in [1.807, 2.05) is 0 Å². The van der Waals surface area contributed by atoms with Crippen molar-refractivity contribution < 1.29 is 14.6 Å². The van der Waals surface area contributed by atoms with E-state index in [1.165, 1.54) is 6.92 Å². The first-order valence-electron chi connectivity index (χ1n) is 2.55. The zero-order valence-corrected chi connectivity index (χ0v) is 4.73. The second-order valence-corrected chi connectivity index (χ2v) is 2.05. The van der Waals surface area contributed by atoms with Crippen LogP contribution in [-0.4, -0.2) is 23.3 Å². The van der Waals surface area contributed by atoms with Crippen LogP contribution in [0.2, 0.25) is 0 Å². The van der Waals surface area contributed by atoms with Crippen LogP contribution in [0.4, 0.5) is 0 Å². The third kappa shape index (κ3) is 0.743. The second kappa shape index (κ2) is 1.53. The smallest absolute Gasteiger partial charge is 0.331 e. The lowest BCUT2D eigenvalue weighted by atomic mass is 10.2. The molecule has 0 aromatic carbocycles. The first kappa shape index (κ1) is 5.72. The van der Waals surface area contributed by atoms with Gasteiger partial charge in [-0.2, -0.15) is 0 Å². The van der Waals surface area contributed by atoms with Gasteiger partial charge in [0.2, 0.25) is 5.78 Å². The molecule has 3 nitrogen and oxygen atoms in total. The summed E-state index contributed by atoms with van der Waals surface area (Å²) in [5.41, 5.74) is 0. The maximum absolute atomic E-state index is 10.6. The number of ketones is 1. The lowest BCUT2D eigenvalue weighted by Crippen LogP contribution is -2.30. The van der Waals surface area contributed by atoms with Crippen molar-refractivity contribution in [3.8, 4) is 0 Å². The third-order valence-corrected chi connectivity index (χ3v) is 1.25.